The molecule has 5 heteroatoms. The lowest BCUT2D eigenvalue weighted by molar-refractivity contribution is 0.0429. The number of rotatable bonds is 4. The van der Waals surface area contributed by atoms with E-state index in [1.807, 2.05) is 18.7 Å². The second-order valence-corrected chi connectivity index (χ2v) is 7.41. The van der Waals surface area contributed by atoms with E-state index >= 15 is 0 Å². The molecule has 0 saturated carbocycles. The van der Waals surface area contributed by atoms with Gasteiger partial charge in [-0.25, -0.2) is 0 Å². The lowest BCUT2D eigenvalue weighted by Gasteiger charge is -2.47. The molecule has 4 nitrogen and oxygen atoms in total. The van der Waals surface area contributed by atoms with Crippen molar-refractivity contribution in [3.8, 4) is 0 Å². The molecule has 1 aliphatic heterocycles. The smallest absolute Gasteiger partial charge is 0.0860 e. The molecular weight excluding hydrogens is 284 g/mol. The summed E-state index contributed by atoms with van der Waals surface area (Å²) in [5.41, 5.74) is 2.17. The van der Waals surface area contributed by atoms with Crippen LogP contribution in [0.4, 0.5) is 0 Å². The first-order chi connectivity index (χ1) is 9.76. The number of hydrogen-bond acceptors (Lipinski definition) is 3. The Morgan fingerprint density at radius 1 is 1.48 bits per heavy atom. The summed E-state index contributed by atoms with van der Waals surface area (Å²) >= 11 is 6.43. The minimum absolute atomic E-state index is 0.130. The first-order valence-electron chi connectivity index (χ1n) is 7.92. The summed E-state index contributed by atoms with van der Waals surface area (Å²) in [7, 11) is 1.98. The average Bonchev–Trinajstić information content (AvgIpc) is 2.66. The van der Waals surface area contributed by atoms with Crippen LogP contribution in [-0.2, 0) is 13.6 Å². The Morgan fingerprint density at radius 3 is 2.67 bits per heavy atom. The lowest BCUT2D eigenvalue weighted by Crippen LogP contribution is -2.63. The van der Waals surface area contributed by atoms with Gasteiger partial charge in [0.1, 0.15) is 0 Å². The Morgan fingerprint density at radius 2 is 2.14 bits per heavy atom. The zero-order valence-electron chi connectivity index (χ0n) is 14.2. The molecule has 21 heavy (non-hydrogen) atoms. The maximum atomic E-state index is 6.43. The van der Waals surface area contributed by atoms with Crippen LogP contribution in [0.1, 0.15) is 45.5 Å². The maximum Gasteiger partial charge on any atom is 0.0860 e. The predicted molar refractivity (Wildman–Crippen MR) is 88.7 cm³/mol. The fraction of sp³-hybridized carbons (Fsp3) is 0.812. The van der Waals surface area contributed by atoms with Gasteiger partial charge in [0.05, 0.1) is 16.4 Å². The third-order valence-electron chi connectivity index (χ3n) is 5.00. The van der Waals surface area contributed by atoms with Crippen LogP contribution >= 0.6 is 11.6 Å². The van der Waals surface area contributed by atoms with Gasteiger partial charge in [-0.2, -0.15) is 5.10 Å². The standard InChI is InChI=1S/C16H29ClN4/c1-7-11(2)13-8-21(16(4,5)10-18-13)9-14-15(17)12(3)19-20(14)6/h11,13,18H,7-10H2,1-6H3. The van der Waals surface area contributed by atoms with Crippen molar-refractivity contribution in [2.75, 3.05) is 13.1 Å². The number of piperazine rings is 1. The summed E-state index contributed by atoms with van der Waals surface area (Å²) in [5.74, 6) is 0.687. The highest BCUT2D eigenvalue weighted by molar-refractivity contribution is 6.31. The van der Waals surface area contributed by atoms with Crippen LogP contribution in [0, 0.1) is 12.8 Å². The van der Waals surface area contributed by atoms with Crippen molar-refractivity contribution in [2.45, 2.75) is 59.2 Å². The molecule has 1 fully saturated rings. The predicted octanol–water partition coefficient (Wildman–Crippen LogP) is 2.98. The molecule has 0 spiro atoms. The van der Waals surface area contributed by atoms with Gasteiger partial charge in [-0.3, -0.25) is 9.58 Å². The van der Waals surface area contributed by atoms with Crippen LogP contribution in [0.25, 0.3) is 0 Å². The summed E-state index contributed by atoms with van der Waals surface area (Å²) in [5, 5.41) is 8.96. The van der Waals surface area contributed by atoms with Gasteiger partial charge in [-0.1, -0.05) is 31.9 Å². The van der Waals surface area contributed by atoms with E-state index < -0.39 is 0 Å². The van der Waals surface area contributed by atoms with Gasteiger partial charge in [0.2, 0.25) is 0 Å². The number of halogens is 1. The van der Waals surface area contributed by atoms with Crippen LogP contribution in [0.2, 0.25) is 5.02 Å². The molecule has 0 radical (unpaired) electrons. The number of aromatic nitrogens is 2. The third kappa shape index (κ3) is 3.43. The molecule has 1 saturated heterocycles. The molecule has 120 valence electrons. The molecule has 0 amide bonds. The van der Waals surface area contributed by atoms with Gasteiger partial charge in [-0.05, 0) is 26.7 Å². The van der Waals surface area contributed by atoms with Crippen molar-refractivity contribution >= 4 is 11.6 Å². The van der Waals surface area contributed by atoms with Gasteiger partial charge >= 0.3 is 0 Å². The highest BCUT2D eigenvalue weighted by atomic mass is 35.5. The monoisotopic (exact) mass is 312 g/mol. The Hall–Kier alpha value is -0.580. The van der Waals surface area contributed by atoms with Crippen LogP contribution in [0.15, 0.2) is 0 Å². The summed E-state index contributed by atoms with van der Waals surface area (Å²) in [6.07, 6.45) is 1.21. The lowest BCUT2D eigenvalue weighted by atomic mass is 9.90. The largest absolute Gasteiger partial charge is 0.311 e. The molecule has 2 rings (SSSR count). The van der Waals surface area contributed by atoms with E-state index in [9.17, 15) is 0 Å². The number of nitrogens with zero attached hydrogens (tertiary/aromatic N) is 3. The molecule has 2 atom stereocenters. The Kier molecular flexibility index (Phi) is 5.01. The zero-order valence-corrected chi connectivity index (χ0v) is 15.0. The maximum absolute atomic E-state index is 6.43. The van der Waals surface area contributed by atoms with Crippen molar-refractivity contribution in [3.05, 3.63) is 16.4 Å². The van der Waals surface area contributed by atoms with Crippen LogP contribution in [-0.4, -0.2) is 39.4 Å². The summed E-state index contributed by atoms with van der Waals surface area (Å²) in [4.78, 5) is 2.54. The first-order valence-corrected chi connectivity index (χ1v) is 8.30. The minimum atomic E-state index is 0.130. The van der Waals surface area contributed by atoms with Gasteiger partial charge in [0.15, 0.2) is 0 Å². The Labute approximate surface area is 133 Å². The van der Waals surface area contributed by atoms with E-state index in [0.29, 0.717) is 12.0 Å². The van der Waals surface area contributed by atoms with Gasteiger partial charge in [0, 0.05) is 38.3 Å². The van der Waals surface area contributed by atoms with Crippen molar-refractivity contribution in [1.82, 2.24) is 20.0 Å². The van der Waals surface area contributed by atoms with E-state index in [1.54, 1.807) is 0 Å². The molecule has 1 N–H and O–H groups in total. The number of nitrogens with one attached hydrogen (secondary N) is 1. The van der Waals surface area contributed by atoms with Crippen molar-refractivity contribution in [1.29, 1.82) is 0 Å². The SMILES string of the molecule is CCC(C)C1CN(Cc2c(Cl)c(C)nn2C)C(C)(C)CN1. The minimum Gasteiger partial charge on any atom is -0.311 e. The van der Waals surface area contributed by atoms with Crippen LogP contribution < -0.4 is 5.32 Å². The van der Waals surface area contributed by atoms with E-state index in [1.165, 1.54) is 6.42 Å². The number of hydrogen-bond donors (Lipinski definition) is 1. The summed E-state index contributed by atoms with van der Waals surface area (Å²) < 4.78 is 1.92. The molecule has 1 aliphatic rings. The van der Waals surface area contributed by atoms with E-state index in [2.05, 4.69) is 43.0 Å². The van der Waals surface area contributed by atoms with Crippen molar-refractivity contribution < 1.29 is 0 Å². The first kappa shape index (κ1) is 16.8. The number of aryl methyl sites for hydroxylation is 2. The molecule has 2 heterocycles. The second-order valence-electron chi connectivity index (χ2n) is 7.04. The molecule has 2 unspecified atom stereocenters. The fourth-order valence-electron chi connectivity index (χ4n) is 3.02. The quantitative estimate of drug-likeness (QED) is 0.928. The van der Waals surface area contributed by atoms with E-state index in [4.69, 9.17) is 11.6 Å². The Balaban J connectivity index is 2.18. The highest BCUT2D eigenvalue weighted by Crippen LogP contribution is 2.28. The van der Waals surface area contributed by atoms with Crippen LogP contribution in [0.5, 0.6) is 0 Å². The fourth-order valence-corrected chi connectivity index (χ4v) is 3.24. The van der Waals surface area contributed by atoms with Crippen LogP contribution in [0.3, 0.4) is 0 Å². The van der Waals surface area contributed by atoms with Gasteiger partial charge in [0.25, 0.3) is 0 Å². The van der Waals surface area contributed by atoms with Gasteiger partial charge in [-0.15, -0.1) is 0 Å². The molecule has 1 aromatic heterocycles. The topological polar surface area (TPSA) is 33.1 Å². The van der Waals surface area contributed by atoms with Crippen molar-refractivity contribution in [3.63, 3.8) is 0 Å². The molecule has 1 aromatic rings. The van der Waals surface area contributed by atoms with E-state index in [-0.39, 0.29) is 5.54 Å². The highest BCUT2D eigenvalue weighted by Gasteiger charge is 2.36. The summed E-state index contributed by atoms with van der Waals surface area (Å²) in [6, 6.07) is 0.552. The molecule has 0 bridgehead atoms. The molecule has 0 aliphatic carbocycles. The molecule has 0 aromatic carbocycles. The molecular formula is C16H29ClN4. The Bertz CT molecular complexity index is 495. The second kappa shape index (κ2) is 6.27. The normalized spacial score (nSPS) is 24.2. The average molecular weight is 313 g/mol. The van der Waals surface area contributed by atoms with E-state index in [0.717, 1.165) is 36.0 Å². The van der Waals surface area contributed by atoms with Gasteiger partial charge < -0.3 is 5.32 Å². The van der Waals surface area contributed by atoms with Crippen molar-refractivity contribution in [2.24, 2.45) is 13.0 Å². The third-order valence-corrected chi connectivity index (χ3v) is 5.49. The summed E-state index contributed by atoms with van der Waals surface area (Å²) in [6.45, 7) is 14.1. The zero-order chi connectivity index (χ0) is 15.8.